The summed E-state index contributed by atoms with van der Waals surface area (Å²) in [6.07, 6.45) is 9.91. The maximum atomic E-state index is 12.4. The van der Waals surface area contributed by atoms with Gasteiger partial charge in [-0.25, -0.2) is 4.98 Å². The van der Waals surface area contributed by atoms with Crippen LogP contribution < -0.4 is 5.32 Å². The molecule has 7 heteroatoms. The molecule has 4 rings (SSSR count). The van der Waals surface area contributed by atoms with Crippen molar-refractivity contribution in [3.05, 3.63) is 24.3 Å². The van der Waals surface area contributed by atoms with Gasteiger partial charge in [0.1, 0.15) is 11.8 Å². The molecular formula is C18H24N4O3. The Hall–Kier alpha value is -2.02. The van der Waals surface area contributed by atoms with Crippen LogP contribution in [0, 0.1) is 5.92 Å². The fraction of sp³-hybridized carbons (Fsp3) is 0.667. The van der Waals surface area contributed by atoms with E-state index in [1.54, 1.807) is 11.1 Å². The van der Waals surface area contributed by atoms with E-state index in [0.29, 0.717) is 24.7 Å². The Bertz CT molecular complexity index is 639. The van der Waals surface area contributed by atoms with Crippen LogP contribution in [0.1, 0.15) is 49.0 Å². The van der Waals surface area contributed by atoms with Crippen molar-refractivity contribution in [3.8, 4) is 0 Å². The van der Waals surface area contributed by atoms with E-state index in [1.807, 2.05) is 0 Å². The third kappa shape index (κ3) is 3.66. The zero-order valence-electron chi connectivity index (χ0n) is 14.3. The van der Waals surface area contributed by atoms with Crippen molar-refractivity contribution in [1.82, 2.24) is 20.2 Å². The standard InChI is InChI=1S/C18H24N4O3/c23-16(21-11-13-1-2-13)15-3-4-18(25-15)5-9-22(10-6-18)17(24)14-12-19-7-8-20-14/h7-8,12-13,15H,1-6,9-11H2,(H,21,23)/t15-/m0/s1. The fourth-order valence-corrected chi connectivity index (χ4v) is 3.74. The van der Waals surface area contributed by atoms with Gasteiger partial charge in [0.25, 0.3) is 5.91 Å². The normalized spacial score (nSPS) is 25.1. The minimum absolute atomic E-state index is 0.0295. The second-order valence-corrected chi connectivity index (χ2v) is 7.40. The predicted molar refractivity (Wildman–Crippen MR) is 89.7 cm³/mol. The zero-order valence-corrected chi connectivity index (χ0v) is 14.3. The van der Waals surface area contributed by atoms with Crippen LogP contribution in [0.5, 0.6) is 0 Å². The molecule has 1 N–H and O–H groups in total. The SMILES string of the molecule is O=C(NCC1CC1)[C@@H]1CCC2(CCN(C(=O)c3cnccn3)CC2)O1. The van der Waals surface area contributed by atoms with Gasteiger partial charge in [0.15, 0.2) is 0 Å². The van der Waals surface area contributed by atoms with E-state index >= 15 is 0 Å². The highest BCUT2D eigenvalue weighted by molar-refractivity contribution is 5.92. The molecule has 3 fully saturated rings. The van der Waals surface area contributed by atoms with Gasteiger partial charge >= 0.3 is 0 Å². The number of piperidine rings is 1. The number of hydrogen-bond donors (Lipinski definition) is 1. The Labute approximate surface area is 147 Å². The van der Waals surface area contributed by atoms with Crippen LogP contribution in [-0.4, -0.2) is 58.0 Å². The summed E-state index contributed by atoms with van der Waals surface area (Å²) >= 11 is 0. The molecule has 25 heavy (non-hydrogen) atoms. The van der Waals surface area contributed by atoms with Gasteiger partial charge < -0.3 is 15.0 Å². The summed E-state index contributed by atoms with van der Waals surface area (Å²) in [7, 11) is 0. The van der Waals surface area contributed by atoms with E-state index in [0.717, 1.165) is 32.2 Å². The number of rotatable bonds is 4. The van der Waals surface area contributed by atoms with Crippen LogP contribution in [0.3, 0.4) is 0 Å². The Balaban J connectivity index is 1.29. The molecule has 3 aliphatic rings. The van der Waals surface area contributed by atoms with Crippen LogP contribution in [0.4, 0.5) is 0 Å². The van der Waals surface area contributed by atoms with E-state index in [4.69, 9.17) is 4.74 Å². The summed E-state index contributed by atoms with van der Waals surface area (Å²) in [5.74, 6) is 0.621. The van der Waals surface area contributed by atoms with Crippen LogP contribution >= 0.6 is 0 Å². The number of carbonyl (C=O) groups excluding carboxylic acids is 2. The van der Waals surface area contributed by atoms with E-state index in [9.17, 15) is 9.59 Å². The predicted octanol–water partition coefficient (Wildman–Crippen LogP) is 1.16. The summed E-state index contributed by atoms with van der Waals surface area (Å²) in [5.41, 5.74) is 0.129. The number of hydrogen-bond acceptors (Lipinski definition) is 5. The minimum atomic E-state index is -0.332. The molecular weight excluding hydrogens is 320 g/mol. The molecule has 3 heterocycles. The average molecular weight is 344 g/mol. The maximum Gasteiger partial charge on any atom is 0.274 e. The summed E-state index contributed by atoms with van der Waals surface area (Å²) in [4.78, 5) is 34.5. The van der Waals surface area contributed by atoms with Crippen molar-refractivity contribution in [2.24, 2.45) is 5.92 Å². The third-order valence-corrected chi connectivity index (χ3v) is 5.55. The molecule has 7 nitrogen and oxygen atoms in total. The highest BCUT2D eigenvalue weighted by Crippen LogP contribution is 2.39. The lowest BCUT2D eigenvalue weighted by molar-refractivity contribution is -0.140. The number of likely N-dealkylation sites (tertiary alicyclic amines) is 1. The van der Waals surface area contributed by atoms with Crippen molar-refractivity contribution in [3.63, 3.8) is 0 Å². The Kier molecular flexibility index (Phi) is 4.41. The van der Waals surface area contributed by atoms with E-state index < -0.39 is 0 Å². The molecule has 2 amide bonds. The van der Waals surface area contributed by atoms with Gasteiger partial charge in [-0.05, 0) is 44.4 Å². The lowest BCUT2D eigenvalue weighted by atomic mass is 9.88. The molecule has 1 saturated carbocycles. The molecule has 134 valence electrons. The summed E-state index contributed by atoms with van der Waals surface area (Å²) < 4.78 is 6.16. The molecule has 1 atom stereocenters. The quantitative estimate of drug-likeness (QED) is 0.886. The first-order valence-electron chi connectivity index (χ1n) is 9.16. The van der Waals surface area contributed by atoms with Crippen molar-refractivity contribution in [2.75, 3.05) is 19.6 Å². The molecule has 2 saturated heterocycles. The Morgan fingerprint density at radius 1 is 1.20 bits per heavy atom. The lowest BCUT2D eigenvalue weighted by Crippen LogP contribution is -2.47. The molecule has 2 aliphatic heterocycles. The molecule has 0 unspecified atom stereocenters. The largest absolute Gasteiger partial charge is 0.362 e. The molecule has 0 bridgehead atoms. The van der Waals surface area contributed by atoms with Gasteiger partial charge in [-0.15, -0.1) is 0 Å². The van der Waals surface area contributed by atoms with Crippen molar-refractivity contribution >= 4 is 11.8 Å². The molecule has 1 aromatic heterocycles. The highest BCUT2D eigenvalue weighted by Gasteiger charge is 2.45. The number of carbonyl (C=O) groups is 2. The van der Waals surface area contributed by atoms with Crippen molar-refractivity contribution in [1.29, 1.82) is 0 Å². The molecule has 1 aliphatic carbocycles. The Morgan fingerprint density at radius 3 is 2.68 bits per heavy atom. The van der Waals surface area contributed by atoms with Crippen LogP contribution in [-0.2, 0) is 9.53 Å². The van der Waals surface area contributed by atoms with Crippen molar-refractivity contribution in [2.45, 2.75) is 50.2 Å². The first kappa shape index (κ1) is 16.4. The number of amides is 2. The van der Waals surface area contributed by atoms with Gasteiger partial charge in [-0.2, -0.15) is 0 Å². The lowest BCUT2D eigenvalue weighted by Gasteiger charge is -2.38. The topological polar surface area (TPSA) is 84.4 Å². The van der Waals surface area contributed by atoms with E-state index in [-0.39, 0.29) is 23.5 Å². The molecule has 0 aromatic carbocycles. The summed E-state index contributed by atoms with van der Waals surface area (Å²) in [6.45, 7) is 2.05. The van der Waals surface area contributed by atoms with Crippen LogP contribution in [0.15, 0.2) is 18.6 Å². The molecule has 1 spiro atoms. The van der Waals surface area contributed by atoms with E-state index in [2.05, 4.69) is 15.3 Å². The summed E-state index contributed by atoms with van der Waals surface area (Å²) in [5, 5.41) is 3.01. The number of nitrogens with one attached hydrogen (secondary N) is 1. The third-order valence-electron chi connectivity index (χ3n) is 5.55. The first-order chi connectivity index (χ1) is 12.2. The maximum absolute atomic E-state index is 12.4. The van der Waals surface area contributed by atoms with Crippen LogP contribution in [0.2, 0.25) is 0 Å². The smallest absolute Gasteiger partial charge is 0.274 e. The molecule has 1 aromatic rings. The number of nitrogens with zero attached hydrogens (tertiary/aromatic N) is 3. The minimum Gasteiger partial charge on any atom is -0.362 e. The van der Waals surface area contributed by atoms with Crippen LogP contribution in [0.25, 0.3) is 0 Å². The number of ether oxygens (including phenoxy) is 1. The van der Waals surface area contributed by atoms with E-state index in [1.165, 1.54) is 25.2 Å². The zero-order chi connectivity index (χ0) is 17.3. The summed E-state index contributed by atoms with van der Waals surface area (Å²) in [6, 6.07) is 0. The highest BCUT2D eigenvalue weighted by atomic mass is 16.5. The monoisotopic (exact) mass is 344 g/mol. The molecule has 0 radical (unpaired) electrons. The van der Waals surface area contributed by atoms with Gasteiger partial charge in [-0.1, -0.05) is 0 Å². The van der Waals surface area contributed by atoms with Crippen molar-refractivity contribution < 1.29 is 14.3 Å². The van der Waals surface area contributed by atoms with Gasteiger partial charge in [0.05, 0.1) is 11.8 Å². The second kappa shape index (κ2) is 6.71. The second-order valence-electron chi connectivity index (χ2n) is 7.40. The fourth-order valence-electron chi connectivity index (χ4n) is 3.74. The van der Waals surface area contributed by atoms with Gasteiger partial charge in [-0.3, -0.25) is 14.6 Å². The average Bonchev–Trinajstić information content (AvgIpc) is 3.40. The van der Waals surface area contributed by atoms with Gasteiger partial charge in [0.2, 0.25) is 5.91 Å². The van der Waals surface area contributed by atoms with Gasteiger partial charge in [0, 0.05) is 32.0 Å². The Morgan fingerprint density at radius 2 is 2.00 bits per heavy atom. The first-order valence-corrected chi connectivity index (χ1v) is 9.16. The number of aromatic nitrogens is 2.